The Labute approximate surface area is 169 Å². The van der Waals surface area contributed by atoms with Crippen LogP contribution in [0.3, 0.4) is 0 Å². The summed E-state index contributed by atoms with van der Waals surface area (Å²) in [5, 5.41) is 6.63. The van der Waals surface area contributed by atoms with E-state index in [4.69, 9.17) is 30.5 Å². The number of methoxy groups -OCH3 is 4. The van der Waals surface area contributed by atoms with Gasteiger partial charge in [-0.05, 0) is 35.9 Å². The predicted octanol–water partition coefficient (Wildman–Crippen LogP) is 3.49. The molecule has 0 spiro atoms. The van der Waals surface area contributed by atoms with Gasteiger partial charge in [-0.25, -0.2) is 0 Å². The fourth-order valence-electron chi connectivity index (χ4n) is 2.66. The summed E-state index contributed by atoms with van der Waals surface area (Å²) in [5.41, 5.74) is 1.58. The van der Waals surface area contributed by atoms with Crippen molar-refractivity contribution < 1.29 is 23.7 Å². The van der Waals surface area contributed by atoms with Gasteiger partial charge in [0.15, 0.2) is 11.5 Å². The highest BCUT2D eigenvalue weighted by Gasteiger charge is 2.13. The van der Waals surface area contributed by atoms with Crippen molar-refractivity contribution in [3.05, 3.63) is 40.9 Å². The standard InChI is InChI=1S/C20H25ClN2O5/c1-25-16-6-5-14(21)11-15(16)22-8-7-19(24)23-12-13-9-17(26-2)20(28-4)18(10-13)27-3/h5-6,9-11,22H,7-8,12H2,1-4H3,(H,23,24). The van der Waals surface area contributed by atoms with Crippen LogP contribution >= 0.6 is 11.6 Å². The van der Waals surface area contributed by atoms with Crippen LogP contribution in [-0.4, -0.2) is 40.9 Å². The van der Waals surface area contributed by atoms with Crippen LogP contribution < -0.4 is 29.6 Å². The molecule has 2 N–H and O–H groups in total. The number of benzene rings is 2. The van der Waals surface area contributed by atoms with E-state index >= 15 is 0 Å². The van der Waals surface area contributed by atoms with Crippen LogP contribution in [0.1, 0.15) is 12.0 Å². The molecule has 0 aromatic heterocycles. The average Bonchev–Trinajstić information content (AvgIpc) is 2.71. The third-order valence-corrected chi connectivity index (χ3v) is 4.28. The van der Waals surface area contributed by atoms with Crippen molar-refractivity contribution in [1.29, 1.82) is 0 Å². The number of carbonyl (C=O) groups is 1. The second kappa shape index (κ2) is 10.5. The van der Waals surface area contributed by atoms with E-state index in [1.54, 1.807) is 58.8 Å². The minimum Gasteiger partial charge on any atom is -0.495 e. The molecule has 0 saturated carbocycles. The van der Waals surface area contributed by atoms with E-state index in [9.17, 15) is 4.79 Å². The van der Waals surface area contributed by atoms with Crippen molar-refractivity contribution in [3.8, 4) is 23.0 Å². The minimum atomic E-state index is -0.0951. The van der Waals surface area contributed by atoms with E-state index in [2.05, 4.69) is 10.6 Å². The third-order valence-electron chi connectivity index (χ3n) is 4.04. The fourth-order valence-corrected chi connectivity index (χ4v) is 2.83. The first-order valence-corrected chi connectivity index (χ1v) is 9.03. The van der Waals surface area contributed by atoms with E-state index in [0.717, 1.165) is 11.3 Å². The number of carbonyl (C=O) groups excluding carboxylic acids is 1. The van der Waals surface area contributed by atoms with Gasteiger partial charge in [0.05, 0.1) is 34.1 Å². The van der Waals surface area contributed by atoms with Gasteiger partial charge >= 0.3 is 0 Å². The highest BCUT2D eigenvalue weighted by Crippen LogP contribution is 2.38. The monoisotopic (exact) mass is 408 g/mol. The van der Waals surface area contributed by atoms with E-state index in [0.29, 0.717) is 47.5 Å². The molecule has 0 heterocycles. The van der Waals surface area contributed by atoms with Gasteiger partial charge in [0, 0.05) is 24.5 Å². The SMILES string of the molecule is COc1ccc(Cl)cc1NCCC(=O)NCc1cc(OC)c(OC)c(OC)c1. The molecule has 0 aliphatic carbocycles. The number of ether oxygens (including phenoxy) is 4. The lowest BCUT2D eigenvalue weighted by Gasteiger charge is -2.15. The Bertz CT molecular complexity index is 788. The molecule has 2 aromatic carbocycles. The molecule has 0 unspecified atom stereocenters. The van der Waals surface area contributed by atoms with Gasteiger partial charge in [-0.15, -0.1) is 0 Å². The Hall–Kier alpha value is -2.80. The number of halogens is 1. The van der Waals surface area contributed by atoms with E-state index in [-0.39, 0.29) is 5.91 Å². The Morgan fingerprint density at radius 2 is 1.57 bits per heavy atom. The number of amides is 1. The Kier molecular flexibility index (Phi) is 8.07. The lowest BCUT2D eigenvalue weighted by Crippen LogP contribution is -2.25. The molecule has 8 heteroatoms. The maximum absolute atomic E-state index is 12.2. The molecular formula is C20H25ClN2O5. The normalized spacial score (nSPS) is 10.2. The highest BCUT2D eigenvalue weighted by molar-refractivity contribution is 6.30. The maximum atomic E-state index is 12.2. The van der Waals surface area contributed by atoms with Crippen LogP contribution in [-0.2, 0) is 11.3 Å². The zero-order chi connectivity index (χ0) is 20.5. The molecule has 2 aromatic rings. The molecule has 28 heavy (non-hydrogen) atoms. The average molecular weight is 409 g/mol. The molecule has 2 rings (SSSR count). The molecule has 0 aliphatic heterocycles. The van der Waals surface area contributed by atoms with E-state index in [1.165, 1.54) is 0 Å². The number of hydrogen-bond donors (Lipinski definition) is 2. The van der Waals surface area contributed by atoms with Gasteiger partial charge in [-0.3, -0.25) is 4.79 Å². The minimum absolute atomic E-state index is 0.0951. The first kappa shape index (κ1) is 21.5. The molecule has 7 nitrogen and oxygen atoms in total. The van der Waals surface area contributed by atoms with Crippen molar-refractivity contribution in [2.24, 2.45) is 0 Å². The van der Waals surface area contributed by atoms with Crippen molar-refractivity contribution in [2.45, 2.75) is 13.0 Å². The second-order valence-electron chi connectivity index (χ2n) is 5.83. The van der Waals surface area contributed by atoms with Crippen LogP contribution in [0.15, 0.2) is 30.3 Å². The summed E-state index contributed by atoms with van der Waals surface area (Å²) < 4.78 is 21.2. The molecule has 0 atom stereocenters. The lowest BCUT2D eigenvalue weighted by molar-refractivity contribution is -0.121. The lowest BCUT2D eigenvalue weighted by atomic mass is 10.1. The Morgan fingerprint density at radius 1 is 0.929 bits per heavy atom. The van der Waals surface area contributed by atoms with Gasteiger partial charge in [0.25, 0.3) is 0 Å². The quantitative estimate of drug-likeness (QED) is 0.626. The molecular weight excluding hydrogens is 384 g/mol. The molecule has 0 saturated heterocycles. The molecule has 0 radical (unpaired) electrons. The molecule has 0 fully saturated rings. The van der Waals surface area contributed by atoms with Crippen LogP contribution in [0, 0.1) is 0 Å². The largest absolute Gasteiger partial charge is 0.495 e. The highest BCUT2D eigenvalue weighted by atomic mass is 35.5. The maximum Gasteiger partial charge on any atom is 0.222 e. The van der Waals surface area contributed by atoms with Gasteiger partial charge < -0.3 is 29.6 Å². The zero-order valence-corrected chi connectivity index (χ0v) is 17.2. The number of nitrogens with one attached hydrogen (secondary N) is 2. The molecule has 0 aliphatic rings. The number of anilines is 1. The fraction of sp³-hybridized carbons (Fsp3) is 0.350. The van der Waals surface area contributed by atoms with Crippen LogP contribution in [0.4, 0.5) is 5.69 Å². The van der Waals surface area contributed by atoms with Crippen molar-refractivity contribution in [2.75, 3.05) is 40.3 Å². The van der Waals surface area contributed by atoms with Crippen LogP contribution in [0.2, 0.25) is 5.02 Å². The summed E-state index contributed by atoms with van der Waals surface area (Å²) in [6.07, 6.45) is 0.292. The number of hydrogen-bond acceptors (Lipinski definition) is 6. The first-order chi connectivity index (χ1) is 13.5. The zero-order valence-electron chi connectivity index (χ0n) is 16.4. The third kappa shape index (κ3) is 5.60. The van der Waals surface area contributed by atoms with E-state index in [1.807, 2.05) is 0 Å². The summed E-state index contributed by atoms with van der Waals surface area (Å²) in [5.74, 6) is 2.17. The van der Waals surface area contributed by atoms with Crippen molar-refractivity contribution >= 4 is 23.2 Å². The predicted molar refractivity (Wildman–Crippen MR) is 109 cm³/mol. The molecule has 152 valence electrons. The van der Waals surface area contributed by atoms with Crippen molar-refractivity contribution in [3.63, 3.8) is 0 Å². The van der Waals surface area contributed by atoms with E-state index < -0.39 is 0 Å². The summed E-state index contributed by atoms with van der Waals surface area (Å²) >= 11 is 6.00. The topological polar surface area (TPSA) is 78.1 Å². The molecule has 1 amide bonds. The summed E-state index contributed by atoms with van der Waals surface area (Å²) in [4.78, 5) is 12.2. The van der Waals surface area contributed by atoms with Crippen LogP contribution in [0.5, 0.6) is 23.0 Å². The summed E-state index contributed by atoms with van der Waals surface area (Å²) in [7, 11) is 6.23. The summed E-state index contributed by atoms with van der Waals surface area (Å²) in [6, 6.07) is 8.88. The summed E-state index contributed by atoms with van der Waals surface area (Å²) in [6.45, 7) is 0.786. The smallest absolute Gasteiger partial charge is 0.222 e. The number of rotatable bonds is 10. The van der Waals surface area contributed by atoms with Crippen molar-refractivity contribution in [1.82, 2.24) is 5.32 Å². The first-order valence-electron chi connectivity index (χ1n) is 8.65. The Morgan fingerprint density at radius 3 is 2.14 bits per heavy atom. The van der Waals surface area contributed by atoms with Gasteiger partial charge in [-0.1, -0.05) is 11.6 Å². The van der Waals surface area contributed by atoms with Gasteiger partial charge in [0.1, 0.15) is 5.75 Å². The Balaban J connectivity index is 1.90. The van der Waals surface area contributed by atoms with Gasteiger partial charge in [0.2, 0.25) is 11.7 Å². The van der Waals surface area contributed by atoms with Crippen LogP contribution in [0.25, 0.3) is 0 Å². The second-order valence-corrected chi connectivity index (χ2v) is 6.27. The van der Waals surface area contributed by atoms with Gasteiger partial charge in [-0.2, -0.15) is 0 Å². The molecule has 0 bridgehead atoms.